The number of amides is 1. The van der Waals surface area contributed by atoms with E-state index in [0.717, 1.165) is 72.1 Å². The third-order valence-electron chi connectivity index (χ3n) is 8.82. The molecule has 7 rings (SSSR count). The zero-order valence-corrected chi connectivity index (χ0v) is 22.5. The van der Waals surface area contributed by atoms with Gasteiger partial charge in [-0.25, -0.2) is 9.97 Å². The highest BCUT2D eigenvalue weighted by Gasteiger charge is 2.34. The standard InChI is InChI=1S/C30H36N6O2/c1-18-6-9-21-13-25(35(29(21)32-18)16-20-7-8-20)28-19(2)36-26(33-28)14-23(15-27(36)38-3)30(37)34-12-10-24-22(17-34)5-4-11-31-24/h6,9,13-15,20,22,24,31H,4-5,7-8,10-12,16-17H2,1-3H3. The Labute approximate surface area is 223 Å². The van der Waals surface area contributed by atoms with E-state index < -0.39 is 0 Å². The third-order valence-corrected chi connectivity index (χ3v) is 8.82. The smallest absolute Gasteiger partial charge is 0.254 e. The number of ether oxygens (including phenoxy) is 1. The molecule has 0 radical (unpaired) electrons. The summed E-state index contributed by atoms with van der Waals surface area (Å²) in [5.41, 5.74) is 6.41. The SMILES string of the molecule is COc1cc(C(=O)N2CCC3NCCCC3C2)cc2nc(-c3cc4ccc(C)nc4n3CC3CC3)c(C)n12. The molecule has 0 spiro atoms. The molecule has 2 saturated heterocycles. The number of aryl methyl sites for hydroxylation is 2. The van der Waals surface area contributed by atoms with Crippen LogP contribution in [0.4, 0.5) is 0 Å². The molecule has 1 amide bonds. The van der Waals surface area contributed by atoms with Gasteiger partial charge in [0.15, 0.2) is 5.88 Å². The molecule has 4 aromatic heterocycles. The maximum atomic E-state index is 13.7. The predicted octanol–water partition coefficient (Wildman–Crippen LogP) is 4.60. The molecule has 2 unspecified atom stereocenters. The van der Waals surface area contributed by atoms with Crippen LogP contribution >= 0.6 is 0 Å². The third kappa shape index (κ3) is 3.97. The summed E-state index contributed by atoms with van der Waals surface area (Å²) >= 11 is 0. The number of pyridine rings is 2. The molecule has 3 aliphatic rings. The fourth-order valence-corrected chi connectivity index (χ4v) is 6.57. The van der Waals surface area contributed by atoms with Crippen LogP contribution in [-0.4, -0.2) is 62.5 Å². The number of rotatable bonds is 5. The number of fused-ring (bicyclic) bond motifs is 3. The highest BCUT2D eigenvalue weighted by atomic mass is 16.5. The molecule has 2 aliphatic heterocycles. The van der Waals surface area contributed by atoms with Gasteiger partial charge in [0.25, 0.3) is 5.91 Å². The summed E-state index contributed by atoms with van der Waals surface area (Å²) < 4.78 is 10.2. The predicted molar refractivity (Wildman–Crippen MR) is 148 cm³/mol. The van der Waals surface area contributed by atoms with Crippen LogP contribution in [0.2, 0.25) is 0 Å². The first-order chi connectivity index (χ1) is 18.5. The molecule has 6 heterocycles. The van der Waals surface area contributed by atoms with Crippen LogP contribution in [0.3, 0.4) is 0 Å². The quantitative estimate of drug-likeness (QED) is 0.423. The minimum Gasteiger partial charge on any atom is -0.482 e. The molecule has 3 fully saturated rings. The van der Waals surface area contributed by atoms with E-state index in [9.17, 15) is 4.79 Å². The van der Waals surface area contributed by atoms with Crippen molar-refractivity contribution in [2.75, 3.05) is 26.7 Å². The van der Waals surface area contributed by atoms with Gasteiger partial charge >= 0.3 is 0 Å². The van der Waals surface area contributed by atoms with Crippen LogP contribution < -0.4 is 10.1 Å². The van der Waals surface area contributed by atoms with Gasteiger partial charge in [-0.1, -0.05) is 0 Å². The van der Waals surface area contributed by atoms with Gasteiger partial charge < -0.3 is 19.5 Å². The van der Waals surface area contributed by atoms with Crippen LogP contribution in [0.5, 0.6) is 5.88 Å². The number of nitrogens with one attached hydrogen (secondary N) is 1. The van der Waals surface area contributed by atoms with Crippen molar-refractivity contribution >= 4 is 22.6 Å². The molecular weight excluding hydrogens is 476 g/mol. The number of aromatic nitrogens is 4. The monoisotopic (exact) mass is 512 g/mol. The normalized spacial score (nSPS) is 21.7. The maximum absolute atomic E-state index is 13.7. The molecule has 8 nitrogen and oxygen atoms in total. The number of methoxy groups -OCH3 is 1. The lowest BCUT2D eigenvalue weighted by Gasteiger charge is -2.41. The van der Waals surface area contributed by atoms with Gasteiger partial charge in [-0.15, -0.1) is 0 Å². The largest absolute Gasteiger partial charge is 0.482 e. The lowest BCUT2D eigenvalue weighted by Crippen LogP contribution is -2.53. The molecule has 1 aliphatic carbocycles. The van der Waals surface area contributed by atoms with Gasteiger partial charge in [0, 0.05) is 48.4 Å². The highest BCUT2D eigenvalue weighted by molar-refractivity contribution is 5.96. The number of nitrogens with zero attached hydrogens (tertiary/aromatic N) is 5. The van der Waals surface area contributed by atoms with Crippen molar-refractivity contribution in [3.8, 4) is 17.3 Å². The van der Waals surface area contributed by atoms with E-state index in [4.69, 9.17) is 14.7 Å². The zero-order chi connectivity index (χ0) is 26.0. The molecule has 38 heavy (non-hydrogen) atoms. The van der Waals surface area contributed by atoms with Gasteiger partial charge in [-0.2, -0.15) is 0 Å². The summed E-state index contributed by atoms with van der Waals surface area (Å²) in [7, 11) is 1.66. The number of hydrogen-bond acceptors (Lipinski definition) is 5. The number of carbonyl (C=O) groups is 1. The maximum Gasteiger partial charge on any atom is 0.254 e. The number of likely N-dealkylation sites (tertiary alicyclic amines) is 1. The number of piperidine rings is 2. The molecule has 4 aromatic rings. The Balaban J connectivity index is 1.29. The average Bonchev–Trinajstić information content (AvgIpc) is 3.62. The summed E-state index contributed by atoms with van der Waals surface area (Å²) in [6.07, 6.45) is 5.92. The van der Waals surface area contributed by atoms with Crippen LogP contribution in [0.1, 0.15) is 53.8 Å². The van der Waals surface area contributed by atoms with Crippen molar-refractivity contribution in [2.45, 2.75) is 58.5 Å². The van der Waals surface area contributed by atoms with Crippen LogP contribution in [0.25, 0.3) is 28.1 Å². The van der Waals surface area contributed by atoms with Gasteiger partial charge in [-0.3, -0.25) is 9.20 Å². The molecule has 1 N–H and O–H groups in total. The second-order valence-electron chi connectivity index (χ2n) is 11.5. The molecule has 0 bridgehead atoms. The Morgan fingerprint density at radius 2 is 1.97 bits per heavy atom. The Morgan fingerprint density at radius 3 is 2.79 bits per heavy atom. The number of hydrogen-bond donors (Lipinski definition) is 1. The van der Waals surface area contributed by atoms with Crippen molar-refractivity contribution in [3.63, 3.8) is 0 Å². The molecule has 0 aromatic carbocycles. The summed E-state index contributed by atoms with van der Waals surface area (Å²) in [6, 6.07) is 10.8. The van der Waals surface area contributed by atoms with E-state index >= 15 is 0 Å². The first kappa shape index (κ1) is 23.7. The highest BCUT2D eigenvalue weighted by Crippen LogP contribution is 2.37. The lowest BCUT2D eigenvalue weighted by atomic mass is 9.85. The topological polar surface area (TPSA) is 76.7 Å². The Kier molecular flexibility index (Phi) is 5.69. The Morgan fingerprint density at radius 1 is 1.11 bits per heavy atom. The van der Waals surface area contributed by atoms with Crippen LogP contribution in [0.15, 0.2) is 30.3 Å². The molecule has 2 atom stereocenters. The molecule has 198 valence electrons. The minimum atomic E-state index is 0.0690. The molecule has 1 saturated carbocycles. The van der Waals surface area contributed by atoms with E-state index in [1.165, 1.54) is 25.7 Å². The van der Waals surface area contributed by atoms with Crippen molar-refractivity contribution in [3.05, 3.63) is 47.3 Å². The number of imidazole rings is 1. The fourth-order valence-electron chi connectivity index (χ4n) is 6.57. The minimum absolute atomic E-state index is 0.0690. The van der Waals surface area contributed by atoms with Crippen LogP contribution in [0, 0.1) is 25.7 Å². The van der Waals surface area contributed by atoms with Crippen LogP contribution in [-0.2, 0) is 6.54 Å². The fraction of sp³-hybridized carbons (Fsp3) is 0.500. The summed E-state index contributed by atoms with van der Waals surface area (Å²) in [6.45, 7) is 7.77. The lowest BCUT2D eigenvalue weighted by molar-refractivity contribution is 0.0592. The first-order valence-electron chi connectivity index (χ1n) is 14.1. The van der Waals surface area contributed by atoms with Gasteiger partial charge in [0.05, 0.1) is 18.5 Å². The Bertz CT molecular complexity index is 1550. The van der Waals surface area contributed by atoms with Crippen molar-refractivity contribution in [1.82, 2.24) is 29.2 Å². The average molecular weight is 513 g/mol. The first-order valence-corrected chi connectivity index (χ1v) is 14.1. The van der Waals surface area contributed by atoms with Crippen molar-refractivity contribution in [2.24, 2.45) is 11.8 Å². The van der Waals surface area contributed by atoms with E-state index in [-0.39, 0.29) is 5.91 Å². The van der Waals surface area contributed by atoms with Gasteiger partial charge in [0.2, 0.25) is 0 Å². The van der Waals surface area contributed by atoms with Gasteiger partial charge in [-0.05, 0) is 88.6 Å². The zero-order valence-electron chi connectivity index (χ0n) is 22.5. The Hall–Kier alpha value is -3.39. The second-order valence-corrected chi connectivity index (χ2v) is 11.5. The summed E-state index contributed by atoms with van der Waals surface area (Å²) in [5.74, 6) is 1.94. The summed E-state index contributed by atoms with van der Waals surface area (Å²) in [5, 5.41) is 4.77. The molecular formula is C30H36N6O2. The summed E-state index contributed by atoms with van der Waals surface area (Å²) in [4.78, 5) is 25.7. The van der Waals surface area contributed by atoms with Crippen molar-refractivity contribution in [1.29, 1.82) is 0 Å². The van der Waals surface area contributed by atoms with Gasteiger partial charge in [0.1, 0.15) is 17.0 Å². The molecule has 8 heteroatoms. The second kappa shape index (κ2) is 9.12. The van der Waals surface area contributed by atoms with Crippen molar-refractivity contribution < 1.29 is 9.53 Å². The number of carbonyl (C=O) groups excluding carboxylic acids is 1. The van der Waals surface area contributed by atoms with E-state index in [1.807, 2.05) is 28.4 Å². The van der Waals surface area contributed by atoms with E-state index in [2.05, 4.69) is 35.0 Å². The van der Waals surface area contributed by atoms with E-state index in [0.29, 0.717) is 29.3 Å². The van der Waals surface area contributed by atoms with E-state index in [1.54, 1.807) is 7.11 Å².